The Morgan fingerprint density at radius 3 is 2.68 bits per heavy atom. The third-order valence-electron chi connectivity index (χ3n) is 4.05. The quantitative estimate of drug-likeness (QED) is 0.434. The Kier molecular flexibility index (Phi) is 6.44. The van der Waals surface area contributed by atoms with Crippen LogP contribution >= 0.6 is 22.9 Å². The Bertz CT molecular complexity index is 1010. The monoisotopic (exact) mass is 414 g/mol. The zero-order valence-electron chi connectivity index (χ0n) is 15.5. The fourth-order valence-corrected chi connectivity index (χ4v) is 3.83. The number of phenolic OH excluding ortho intramolecular Hbond substituents is 1. The Morgan fingerprint density at radius 1 is 1.29 bits per heavy atom. The topological polar surface area (TPSA) is 71.8 Å². The van der Waals surface area contributed by atoms with Crippen molar-refractivity contribution in [2.24, 2.45) is 4.99 Å². The van der Waals surface area contributed by atoms with Gasteiger partial charge in [-0.1, -0.05) is 30.7 Å². The van der Waals surface area contributed by atoms with Crippen LogP contribution in [0.2, 0.25) is 5.02 Å². The molecule has 0 aliphatic heterocycles. The Hall–Kier alpha value is -2.70. The standard InChI is InChI=1S/C21H19ClN2O3S/c1-3-16-20(28-21(24-16)14-5-7-15(22)8-6-14)18(26)12-23-11-13-4-9-19(27-2)17(25)10-13/h4-11,25H,3,12H2,1-2H3. The van der Waals surface area contributed by atoms with Crippen molar-refractivity contribution in [3.8, 4) is 22.1 Å². The maximum Gasteiger partial charge on any atom is 0.196 e. The lowest BCUT2D eigenvalue weighted by atomic mass is 10.2. The first kappa shape index (κ1) is 20.0. The number of benzene rings is 2. The van der Waals surface area contributed by atoms with Gasteiger partial charge in [-0.15, -0.1) is 11.3 Å². The number of carbonyl (C=O) groups is 1. The van der Waals surface area contributed by atoms with E-state index < -0.39 is 0 Å². The number of aromatic hydroxyl groups is 1. The molecule has 2 aromatic carbocycles. The van der Waals surface area contributed by atoms with Crippen LogP contribution in [0.25, 0.3) is 10.6 Å². The zero-order valence-corrected chi connectivity index (χ0v) is 17.0. The van der Waals surface area contributed by atoms with Gasteiger partial charge < -0.3 is 9.84 Å². The lowest BCUT2D eigenvalue weighted by Crippen LogP contribution is -2.04. The predicted octanol–water partition coefficient (Wildman–Crippen LogP) is 5.04. The first-order chi connectivity index (χ1) is 13.5. The SMILES string of the molecule is CCc1nc(-c2ccc(Cl)cc2)sc1C(=O)CN=Cc1ccc(OC)c(O)c1. The molecular weight excluding hydrogens is 396 g/mol. The first-order valence-corrected chi connectivity index (χ1v) is 9.87. The second-order valence-electron chi connectivity index (χ2n) is 5.98. The van der Waals surface area contributed by atoms with Gasteiger partial charge in [0.05, 0.1) is 17.7 Å². The molecule has 0 unspecified atom stereocenters. The number of hydrogen-bond donors (Lipinski definition) is 1. The van der Waals surface area contributed by atoms with Gasteiger partial charge in [0.25, 0.3) is 0 Å². The van der Waals surface area contributed by atoms with E-state index >= 15 is 0 Å². The van der Waals surface area contributed by atoms with Gasteiger partial charge in [0.2, 0.25) is 0 Å². The number of carbonyl (C=O) groups excluding carboxylic acids is 1. The highest BCUT2D eigenvalue weighted by atomic mass is 35.5. The zero-order chi connectivity index (χ0) is 20.1. The average Bonchev–Trinajstić information content (AvgIpc) is 3.13. The molecule has 0 aliphatic carbocycles. The molecule has 1 aromatic heterocycles. The van der Waals surface area contributed by atoms with E-state index in [0.717, 1.165) is 16.3 Å². The minimum atomic E-state index is -0.0800. The molecule has 0 bridgehead atoms. The summed E-state index contributed by atoms with van der Waals surface area (Å²) in [7, 11) is 1.49. The van der Waals surface area contributed by atoms with Crippen molar-refractivity contribution in [2.75, 3.05) is 13.7 Å². The van der Waals surface area contributed by atoms with Crippen LogP contribution in [0.15, 0.2) is 47.5 Å². The van der Waals surface area contributed by atoms with Crippen LogP contribution in [0.1, 0.15) is 27.9 Å². The number of ether oxygens (including phenoxy) is 1. The summed E-state index contributed by atoms with van der Waals surface area (Å²) in [6.45, 7) is 1.99. The number of aryl methyl sites for hydroxylation is 1. The van der Waals surface area contributed by atoms with E-state index in [4.69, 9.17) is 16.3 Å². The molecule has 0 radical (unpaired) electrons. The Balaban J connectivity index is 1.75. The van der Waals surface area contributed by atoms with Gasteiger partial charge in [0.15, 0.2) is 17.3 Å². The summed E-state index contributed by atoms with van der Waals surface area (Å²) in [6, 6.07) is 12.3. The van der Waals surface area contributed by atoms with Crippen molar-refractivity contribution >= 4 is 34.9 Å². The highest BCUT2D eigenvalue weighted by molar-refractivity contribution is 7.17. The Morgan fingerprint density at radius 2 is 2.04 bits per heavy atom. The van der Waals surface area contributed by atoms with Crippen molar-refractivity contribution in [1.82, 2.24) is 4.98 Å². The summed E-state index contributed by atoms with van der Waals surface area (Å²) in [5.41, 5.74) is 2.39. The second-order valence-corrected chi connectivity index (χ2v) is 7.42. The number of aliphatic imine (C=N–C) groups is 1. The third kappa shape index (κ3) is 4.58. The van der Waals surface area contributed by atoms with Crippen LogP contribution in [0, 0.1) is 0 Å². The number of halogens is 1. The van der Waals surface area contributed by atoms with E-state index in [2.05, 4.69) is 9.98 Å². The number of rotatable bonds is 7. The second kappa shape index (κ2) is 8.99. The number of hydrogen-bond acceptors (Lipinski definition) is 6. The van der Waals surface area contributed by atoms with E-state index in [0.29, 0.717) is 27.6 Å². The summed E-state index contributed by atoms with van der Waals surface area (Å²) in [5.74, 6) is 0.338. The van der Waals surface area contributed by atoms with Crippen LogP contribution < -0.4 is 4.74 Å². The van der Waals surface area contributed by atoms with E-state index in [-0.39, 0.29) is 18.1 Å². The van der Waals surface area contributed by atoms with E-state index in [1.165, 1.54) is 24.5 Å². The van der Waals surface area contributed by atoms with Crippen LogP contribution in [-0.4, -0.2) is 35.7 Å². The molecule has 1 N–H and O–H groups in total. The maximum atomic E-state index is 12.6. The van der Waals surface area contributed by atoms with Crippen LogP contribution in [-0.2, 0) is 6.42 Å². The molecular formula is C21H19ClN2O3S. The number of methoxy groups -OCH3 is 1. The van der Waals surface area contributed by atoms with Crippen molar-refractivity contribution in [2.45, 2.75) is 13.3 Å². The average molecular weight is 415 g/mol. The number of phenols is 1. The molecule has 3 aromatic rings. The lowest BCUT2D eigenvalue weighted by Gasteiger charge is -2.03. The molecule has 5 nitrogen and oxygen atoms in total. The molecule has 0 aliphatic rings. The minimum absolute atomic E-state index is 0.0159. The van der Waals surface area contributed by atoms with E-state index in [1.54, 1.807) is 30.5 Å². The fourth-order valence-electron chi connectivity index (χ4n) is 2.62. The van der Waals surface area contributed by atoms with Gasteiger partial charge >= 0.3 is 0 Å². The molecule has 0 fully saturated rings. The van der Waals surface area contributed by atoms with E-state index in [9.17, 15) is 9.90 Å². The maximum absolute atomic E-state index is 12.6. The number of Topliss-reactive ketones (excluding diaryl/α,β-unsaturated/α-hetero) is 1. The summed E-state index contributed by atoms with van der Waals surface area (Å²) < 4.78 is 5.01. The lowest BCUT2D eigenvalue weighted by molar-refractivity contribution is 0.100. The third-order valence-corrected chi connectivity index (χ3v) is 5.49. The summed E-state index contributed by atoms with van der Waals surface area (Å²) >= 11 is 7.31. The summed E-state index contributed by atoms with van der Waals surface area (Å²) in [5, 5.41) is 11.3. The van der Waals surface area contributed by atoms with Gasteiger partial charge in [-0.2, -0.15) is 0 Å². The number of ketones is 1. The van der Waals surface area contributed by atoms with Crippen molar-refractivity contribution < 1.29 is 14.6 Å². The number of nitrogens with zero attached hydrogens (tertiary/aromatic N) is 2. The number of aromatic nitrogens is 1. The first-order valence-electron chi connectivity index (χ1n) is 8.67. The van der Waals surface area contributed by atoms with E-state index in [1.807, 2.05) is 19.1 Å². The smallest absolute Gasteiger partial charge is 0.196 e. The van der Waals surface area contributed by atoms with Crippen molar-refractivity contribution in [3.63, 3.8) is 0 Å². The van der Waals surface area contributed by atoms with Crippen LogP contribution in [0.5, 0.6) is 11.5 Å². The van der Waals surface area contributed by atoms with Crippen molar-refractivity contribution in [3.05, 3.63) is 63.6 Å². The molecule has 144 valence electrons. The molecule has 0 saturated carbocycles. The fraction of sp³-hybridized carbons (Fsp3) is 0.190. The van der Waals surface area contributed by atoms with Crippen LogP contribution in [0.4, 0.5) is 0 Å². The molecule has 28 heavy (non-hydrogen) atoms. The molecule has 7 heteroatoms. The van der Waals surface area contributed by atoms with Gasteiger partial charge in [-0.3, -0.25) is 9.79 Å². The normalized spacial score (nSPS) is 11.1. The highest BCUT2D eigenvalue weighted by Gasteiger charge is 2.17. The summed E-state index contributed by atoms with van der Waals surface area (Å²) in [4.78, 5) is 22.1. The van der Waals surface area contributed by atoms with Gasteiger partial charge in [0.1, 0.15) is 11.6 Å². The molecule has 0 amide bonds. The highest BCUT2D eigenvalue weighted by Crippen LogP contribution is 2.30. The molecule has 1 heterocycles. The van der Waals surface area contributed by atoms with Crippen LogP contribution in [0.3, 0.4) is 0 Å². The van der Waals surface area contributed by atoms with Crippen molar-refractivity contribution in [1.29, 1.82) is 0 Å². The molecule has 0 atom stereocenters. The van der Waals surface area contributed by atoms with Gasteiger partial charge in [0, 0.05) is 16.8 Å². The largest absolute Gasteiger partial charge is 0.504 e. The van der Waals surface area contributed by atoms with Gasteiger partial charge in [-0.25, -0.2) is 4.98 Å². The minimum Gasteiger partial charge on any atom is -0.504 e. The molecule has 3 rings (SSSR count). The Labute approximate surface area is 172 Å². The summed E-state index contributed by atoms with van der Waals surface area (Å²) in [6.07, 6.45) is 2.23. The van der Waals surface area contributed by atoms with Gasteiger partial charge in [-0.05, 0) is 42.3 Å². The molecule has 0 saturated heterocycles. The number of thiazole rings is 1. The predicted molar refractivity (Wildman–Crippen MR) is 113 cm³/mol. The molecule has 0 spiro atoms.